The van der Waals surface area contributed by atoms with Crippen molar-refractivity contribution in [2.75, 3.05) is 6.54 Å². The van der Waals surface area contributed by atoms with Gasteiger partial charge in [0.05, 0.1) is 6.10 Å². The minimum Gasteiger partial charge on any atom is -0.481 e. The van der Waals surface area contributed by atoms with E-state index in [0.29, 0.717) is 12.3 Å². The molecule has 1 heterocycles. The molecule has 0 aromatic carbocycles. The molecule has 2 rings (SSSR count). The molecule has 2 fully saturated rings. The molecule has 13 heteroatoms. The van der Waals surface area contributed by atoms with Crippen molar-refractivity contribution in [3.8, 4) is 0 Å². The predicted octanol–water partition coefficient (Wildman–Crippen LogP) is 2.94. The first-order valence-electron chi connectivity index (χ1n) is 14.6. The Morgan fingerprint density at radius 3 is 2.48 bits per heavy atom. The normalized spacial score (nSPS) is 25.5. The second kappa shape index (κ2) is 17.2. The molecule has 1 aliphatic carbocycles. The number of Topliss-reactive ketones (excluding diaryl/α,β-unsaturated/α-hetero) is 1. The fourth-order valence-electron chi connectivity index (χ4n) is 5.81. The van der Waals surface area contributed by atoms with E-state index in [1.165, 1.54) is 37.5 Å². The molecule has 0 radical (unpaired) electrons. The molecule has 238 valence electrons. The summed E-state index contributed by atoms with van der Waals surface area (Å²) in [6, 6.07) is 0. The van der Waals surface area contributed by atoms with E-state index in [-0.39, 0.29) is 38.1 Å². The first-order chi connectivity index (χ1) is 19.8. The highest BCUT2D eigenvalue weighted by molar-refractivity contribution is 7.46. The Labute approximate surface area is 246 Å². The average Bonchev–Trinajstić information content (AvgIpc) is 2.89. The van der Waals surface area contributed by atoms with Crippen LogP contribution in [0, 0.1) is 17.8 Å². The van der Waals surface area contributed by atoms with Crippen LogP contribution in [0.1, 0.15) is 77.6 Å². The molecular weight excluding hydrogens is 569 g/mol. The Morgan fingerprint density at radius 1 is 1.19 bits per heavy atom. The summed E-state index contributed by atoms with van der Waals surface area (Å²) in [5.41, 5.74) is 3.65. The highest BCUT2D eigenvalue weighted by Crippen LogP contribution is 2.43. The molecule has 0 spiro atoms. The van der Waals surface area contributed by atoms with E-state index >= 15 is 0 Å². The standard InChI is InChI=1S/C29H46NO11P/c1-2-24-21(16-23(32)19-27(33)34)17-28(35)40-25(24)12-13-29(36,14-15-30)26(41-42(37,38)39)18-22(31)11-7-6-10-20-8-4-3-5-9-20/h6-7,10-13,20-22,24-26,31,36H,2-5,8-9,14-19,30H2,1H3,(H,33,34)(H2,37,38,39)/b10-6-,11-7-,13-12+/t21-,22+,24+,25-,26-,29+/m1/s1. The highest BCUT2D eigenvalue weighted by atomic mass is 31.2. The number of ketones is 1. The van der Waals surface area contributed by atoms with Crippen molar-refractivity contribution in [1.82, 2.24) is 0 Å². The minimum absolute atomic E-state index is 0.0705. The molecule has 1 aliphatic heterocycles. The maximum absolute atomic E-state index is 12.4. The number of hydrogen-bond donors (Lipinski definition) is 6. The van der Waals surface area contributed by atoms with Crippen LogP contribution in [0.25, 0.3) is 0 Å². The van der Waals surface area contributed by atoms with Gasteiger partial charge in [-0.3, -0.25) is 18.9 Å². The Morgan fingerprint density at radius 2 is 1.88 bits per heavy atom. The second-order valence-corrected chi connectivity index (χ2v) is 12.4. The third-order valence-corrected chi connectivity index (χ3v) is 8.44. The molecule has 7 N–H and O–H groups in total. The van der Waals surface area contributed by atoms with Crippen LogP contribution >= 0.6 is 7.82 Å². The van der Waals surface area contributed by atoms with Gasteiger partial charge in [0, 0.05) is 25.2 Å². The number of cyclic esters (lactones) is 1. The lowest BCUT2D eigenvalue weighted by Crippen LogP contribution is -2.46. The summed E-state index contributed by atoms with van der Waals surface area (Å²) in [5, 5.41) is 31.1. The van der Waals surface area contributed by atoms with Gasteiger partial charge in [-0.05, 0) is 50.1 Å². The molecule has 2 aliphatic rings. The summed E-state index contributed by atoms with van der Waals surface area (Å²) >= 11 is 0. The Kier molecular flexibility index (Phi) is 14.7. The van der Waals surface area contributed by atoms with Gasteiger partial charge in [-0.25, -0.2) is 4.57 Å². The van der Waals surface area contributed by atoms with Gasteiger partial charge >= 0.3 is 19.8 Å². The fourth-order valence-corrected chi connectivity index (χ4v) is 6.41. The summed E-state index contributed by atoms with van der Waals surface area (Å²) in [6.07, 6.45) is 10.7. The molecule has 6 atom stereocenters. The van der Waals surface area contributed by atoms with Gasteiger partial charge in [-0.1, -0.05) is 56.6 Å². The molecule has 0 bridgehead atoms. The zero-order chi connectivity index (χ0) is 31.3. The van der Waals surface area contributed by atoms with Crippen LogP contribution in [-0.2, 0) is 28.2 Å². The SMILES string of the molecule is CC[C@H]1[C@H](CC(=O)CC(=O)O)CC(=O)O[C@@H]1/C=C/[C@](O)(CCN)[C@@H](C[C@@H](O)/C=C\C=C/C1CCCCC1)OP(=O)(O)O. The van der Waals surface area contributed by atoms with Crippen LogP contribution in [0.2, 0.25) is 0 Å². The van der Waals surface area contributed by atoms with Crippen molar-refractivity contribution in [1.29, 1.82) is 0 Å². The summed E-state index contributed by atoms with van der Waals surface area (Å²) in [7, 11) is -5.12. The van der Waals surface area contributed by atoms with Crippen LogP contribution in [0.15, 0.2) is 36.5 Å². The number of carboxylic acids is 1. The number of rotatable bonds is 17. The quantitative estimate of drug-likeness (QED) is 0.0458. The Bertz CT molecular complexity index is 1030. The molecule has 1 saturated carbocycles. The van der Waals surface area contributed by atoms with Crippen molar-refractivity contribution in [3.05, 3.63) is 36.5 Å². The number of nitrogens with two attached hydrogens (primary N) is 1. The monoisotopic (exact) mass is 615 g/mol. The van der Waals surface area contributed by atoms with Gasteiger partial charge in [0.1, 0.15) is 30.0 Å². The second-order valence-electron chi connectivity index (χ2n) is 11.2. The van der Waals surface area contributed by atoms with Crippen molar-refractivity contribution in [2.45, 2.75) is 101 Å². The van der Waals surface area contributed by atoms with E-state index in [4.69, 9.17) is 20.1 Å². The van der Waals surface area contributed by atoms with E-state index in [1.54, 1.807) is 6.08 Å². The number of aliphatic hydroxyl groups is 2. The number of hydrogen-bond acceptors (Lipinski definition) is 9. The number of esters is 1. The van der Waals surface area contributed by atoms with Crippen LogP contribution < -0.4 is 5.73 Å². The number of phosphoric ester groups is 1. The van der Waals surface area contributed by atoms with Crippen LogP contribution in [0.4, 0.5) is 0 Å². The van der Waals surface area contributed by atoms with Crippen molar-refractivity contribution in [3.63, 3.8) is 0 Å². The molecule has 12 nitrogen and oxygen atoms in total. The first-order valence-corrected chi connectivity index (χ1v) is 16.1. The number of carbonyl (C=O) groups is 3. The predicted molar refractivity (Wildman–Crippen MR) is 154 cm³/mol. The number of carboxylic acid groups (broad SMARTS) is 1. The largest absolute Gasteiger partial charge is 0.481 e. The third kappa shape index (κ3) is 12.6. The molecule has 42 heavy (non-hydrogen) atoms. The van der Waals surface area contributed by atoms with E-state index < -0.39 is 61.8 Å². The summed E-state index contributed by atoms with van der Waals surface area (Å²) in [6.45, 7) is 1.71. The molecule has 0 amide bonds. The topological polar surface area (TPSA) is 214 Å². The van der Waals surface area contributed by atoms with Gasteiger partial charge in [-0.2, -0.15) is 0 Å². The number of ether oxygens (including phenoxy) is 1. The summed E-state index contributed by atoms with van der Waals surface area (Å²) in [5.74, 6) is -2.78. The Hall–Kier alpha value is -2.18. The van der Waals surface area contributed by atoms with Gasteiger partial charge in [-0.15, -0.1) is 0 Å². The molecule has 1 saturated heterocycles. The molecule has 0 unspecified atom stereocenters. The average molecular weight is 616 g/mol. The zero-order valence-electron chi connectivity index (χ0n) is 24.1. The highest BCUT2D eigenvalue weighted by Gasteiger charge is 2.42. The molecule has 0 aromatic rings. The zero-order valence-corrected chi connectivity index (χ0v) is 25.0. The number of aliphatic hydroxyl groups excluding tert-OH is 1. The van der Waals surface area contributed by atoms with E-state index in [1.807, 2.05) is 13.0 Å². The van der Waals surface area contributed by atoms with Crippen molar-refractivity contribution < 1.29 is 53.3 Å². The maximum Gasteiger partial charge on any atom is 0.469 e. The van der Waals surface area contributed by atoms with Crippen LogP contribution in [0.5, 0.6) is 0 Å². The lowest BCUT2D eigenvalue weighted by atomic mass is 9.77. The molecular formula is C29H46NO11P. The fraction of sp³-hybridized carbons (Fsp3) is 0.690. The van der Waals surface area contributed by atoms with Gasteiger partial charge in [0.2, 0.25) is 0 Å². The summed E-state index contributed by atoms with van der Waals surface area (Å²) < 4.78 is 22.2. The van der Waals surface area contributed by atoms with Crippen LogP contribution in [-0.4, -0.2) is 73.3 Å². The third-order valence-electron chi connectivity index (χ3n) is 7.91. The lowest BCUT2D eigenvalue weighted by Gasteiger charge is -2.37. The van der Waals surface area contributed by atoms with Gasteiger partial charge < -0.3 is 35.6 Å². The number of allylic oxidation sites excluding steroid dienone is 3. The number of phosphoric acid groups is 1. The van der Waals surface area contributed by atoms with E-state index in [0.717, 1.165) is 12.8 Å². The first kappa shape index (κ1) is 36.0. The number of aliphatic carboxylic acids is 1. The van der Waals surface area contributed by atoms with Crippen LogP contribution in [0.3, 0.4) is 0 Å². The van der Waals surface area contributed by atoms with Crippen molar-refractivity contribution >= 4 is 25.5 Å². The minimum atomic E-state index is -5.12. The lowest BCUT2D eigenvalue weighted by molar-refractivity contribution is -0.159. The smallest absolute Gasteiger partial charge is 0.469 e. The van der Waals surface area contributed by atoms with Crippen molar-refractivity contribution in [2.24, 2.45) is 23.5 Å². The number of carbonyl (C=O) groups excluding carboxylic acids is 2. The van der Waals surface area contributed by atoms with E-state index in [2.05, 4.69) is 6.08 Å². The van der Waals surface area contributed by atoms with E-state index in [9.17, 15) is 38.9 Å². The van der Waals surface area contributed by atoms with Gasteiger partial charge in [0.25, 0.3) is 0 Å². The van der Waals surface area contributed by atoms with Gasteiger partial charge in [0.15, 0.2) is 0 Å². The molecule has 0 aromatic heterocycles. The maximum atomic E-state index is 12.4. The Balaban J connectivity index is 2.24. The summed E-state index contributed by atoms with van der Waals surface area (Å²) in [4.78, 5) is 54.6.